The Kier molecular flexibility index (Phi) is 7.83. The van der Waals surface area contributed by atoms with Gasteiger partial charge >= 0.3 is 6.03 Å². The van der Waals surface area contributed by atoms with Crippen LogP contribution in [0.15, 0.2) is 42.5 Å². The van der Waals surface area contributed by atoms with Crippen molar-refractivity contribution in [3.05, 3.63) is 42.5 Å². The molecule has 1 saturated carbocycles. The van der Waals surface area contributed by atoms with Gasteiger partial charge < -0.3 is 35.0 Å². The van der Waals surface area contributed by atoms with Crippen LogP contribution in [0.4, 0.5) is 16.2 Å². The van der Waals surface area contributed by atoms with Crippen molar-refractivity contribution in [2.24, 2.45) is 0 Å². The molecule has 2 aromatic carbocycles. The first-order chi connectivity index (χ1) is 17.9. The molecule has 1 aliphatic heterocycles. The highest BCUT2D eigenvalue weighted by atomic mass is 32.2. The van der Waals surface area contributed by atoms with E-state index in [0.29, 0.717) is 31.6 Å². The number of fused-ring (bicyclic) bond motifs is 1. The molecule has 0 bridgehead atoms. The first kappa shape index (κ1) is 25.8. The quantitative estimate of drug-likeness (QED) is 0.339. The van der Waals surface area contributed by atoms with Gasteiger partial charge in [0, 0.05) is 41.2 Å². The maximum absolute atomic E-state index is 12.5. The van der Waals surface area contributed by atoms with Crippen molar-refractivity contribution in [3.63, 3.8) is 0 Å². The van der Waals surface area contributed by atoms with Crippen LogP contribution in [0.3, 0.4) is 0 Å². The van der Waals surface area contributed by atoms with Crippen LogP contribution in [-0.2, 0) is 15.9 Å². The normalized spacial score (nSPS) is 18.6. The van der Waals surface area contributed by atoms with Crippen molar-refractivity contribution in [2.45, 2.75) is 56.9 Å². The van der Waals surface area contributed by atoms with Crippen LogP contribution >= 0.6 is 0 Å². The largest absolute Gasteiger partial charge is 0.616 e. The van der Waals surface area contributed by atoms with Crippen LogP contribution in [0, 0.1) is 0 Å². The predicted molar refractivity (Wildman–Crippen MR) is 150 cm³/mol. The predicted octanol–water partition coefficient (Wildman–Crippen LogP) is 5.06. The van der Waals surface area contributed by atoms with Gasteiger partial charge in [-0.2, -0.15) is 0 Å². The summed E-state index contributed by atoms with van der Waals surface area (Å²) in [7, 11) is 0. The zero-order valence-corrected chi connectivity index (χ0v) is 22.3. The summed E-state index contributed by atoms with van der Waals surface area (Å²) < 4.78 is 26.2. The Labute approximate surface area is 221 Å². The molecule has 4 N–H and O–H groups in total. The summed E-state index contributed by atoms with van der Waals surface area (Å²) >= 11 is -0.939. The Hall–Kier alpha value is -2.88. The van der Waals surface area contributed by atoms with Crippen molar-refractivity contribution in [2.75, 3.05) is 36.6 Å². The summed E-state index contributed by atoms with van der Waals surface area (Å²) in [6, 6.07) is 14.1. The third-order valence-corrected chi connectivity index (χ3v) is 8.79. The molecule has 2 aliphatic rings. The third kappa shape index (κ3) is 5.68. The molecule has 0 radical (unpaired) electrons. The second-order valence-electron chi connectivity index (χ2n) is 10.1. The van der Waals surface area contributed by atoms with E-state index in [9.17, 15) is 9.35 Å². The van der Waals surface area contributed by atoms with Crippen LogP contribution in [0.5, 0.6) is 5.75 Å². The number of nitrogen functional groups attached to an aromatic ring is 1. The Morgan fingerprint density at radius 1 is 1.22 bits per heavy atom. The van der Waals surface area contributed by atoms with E-state index in [2.05, 4.69) is 21.3 Å². The summed E-state index contributed by atoms with van der Waals surface area (Å²) in [6.45, 7) is 5.53. The fourth-order valence-electron chi connectivity index (χ4n) is 4.99. The molecule has 9 heteroatoms. The standard InChI is InChI=1S/C28H36N4O4S/c1-18(2)30-28(33)31-20-8-6-19(7-9-20)27-26(29)24-11-10-22(16-25(24)32(27)21-4-3-5-21)36-14-15-37(34)23-12-13-35-17-23/h6-11,16,18,21,23H,3-5,12-15,17,29H2,1-2H3,(H2,30,31,33). The van der Waals surface area contributed by atoms with Crippen molar-refractivity contribution in [1.29, 1.82) is 0 Å². The van der Waals surface area contributed by atoms with E-state index >= 15 is 0 Å². The van der Waals surface area contributed by atoms with E-state index in [1.807, 2.05) is 50.2 Å². The van der Waals surface area contributed by atoms with E-state index in [1.54, 1.807) is 0 Å². The first-order valence-electron chi connectivity index (χ1n) is 13.1. The molecule has 5 rings (SSSR count). The van der Waals surface area contributed by atoms with Crippen LogP contribution < -0.4 is 21.1 Å². The van der Waals surface area contributed by atoms with Gasteiger partial charge in [-0.15, -0.1) is 0 Å². The zero-order valence-electron chi connectivity index (χ0n) is 21.5. The molecule has 8 nitrogen and oxygen atoms in total. The lowest BCUT2D eigenvalue weighted by molar-refractivity contribution is 0.198. The molecule has 1 aliphatic carbocycles. The number of rotatable bonds is 9. The van der Waals surface area contributed by atoms with Crippen LogP contribution in [0.2, 0.25) is 0 Å². The highest BCUT2D eigenvalue weighted by molar-refractivity contribution is 7.92. The summed E-state index contributed by atoms with van der Waals surface area (Å²) in [5.41, 5.74) is 11.3. The highest BCUT2D eigenvalue weighted by Gasteiger charge is 2.28. The van der Waals surface area contributed by atoms with Crippen LogP contribution in [0.25, 0.3) is 22.2 Å². The number of hydrogen-bond acceptors (Lipinski definition) is 5. The molecule has 3 aromatic rings. The Morgan fingerprint density at radius 3 is 2.65 bits per heavy atom. The molecule has 37 heavy (non-hydrogen) atoms. The van der Waals surface area contributed by atoms with E-state index in [-0.39, 0.29) is 17.3 Å². The lowest BCUT2D eigenvalue weighted by Crippen LogP contribution is -2.34. The van der Waals surface area contributed by atoms with Gasteiger partial charge in [0.2, 0.25) is 0 Å². The van der Waals surface area contributed by atoms with Gasteiger partial charge in [-0.1, -0.05) is 12.1 Å². The molecule has 2 unspecified atom stereocenters. The number of amides is 2. The minimum Gasteiger partial charge on any atom is -0.616 e. The fourth-order valence-corrected chi connectivity index (χ4v) is 6.18. The van der Waals surface area contributed by atoms with Crippen molar-refractivity contribution < 1.29 is 18.8 Å². The number of hydrogen-bond donors (Lipinski definition) is 3. The van der Waals surface area contributed by atoms with E-state index in [4.69, 9.17) is 15.2 Å². The lowest BCUT2D eigenvalue weighted by Gasteiger charge is -2.30. The van der Waals surface area contributed by atoms with Gasteiger partial charge in [-0.25, -0.2) is 4.79 Å². The van der Waals surface area contributed by atoms with Gasteiger partial charge in [-0.3, -0.25) is 0 Å². The number of nitrogens with zero attached hydrogens (tertiary/aromatic N) is 1. The highest BCUT2D eigenvalue weighted by Crippen LogP contribution is 2.45. The average molecular weight is 525 g/mol. The van der Waals surface area contributed by atoms with E-state index in [1.165, 1.54) is 6.42 Å². The van der Waals surface area contributed by atoms with Crippen molar-refractivity contribution >= 4 is 39.5 Å². The number of aromatic nitrogens is 1. The number of nitrogens with two attached hydrogens (primary N) is 1. The Bertz CT molecular complexity index is 1230. The number of ether oxygens (including phenoxy) is 2. The van der Waals surface area contributed by atoms with Gasteiger partial charge in [0.1, 0.15) is 23.4 Å². The number of carbonyl (C=O) groups is 1. The minimum absolute atomic E-state index is 0.0650. The molecule has 2 amide bonds. The molecule has 1 saturated heterocycles. The molecule has 2 atom stereocenters. The van der Waals surface area contributed by atoms with E-state index < -0.39 is 11.2 Å². The summed E-state index contributed by atoms with van der Waals surface area (Å²) in [5, 5.41) is 6.83. The maximum atomic E-state index is 12.5. The Morgan fingerprint density at radius 2 is 2.00 bits per heavy atom. The number of urea groups is 1. The van der Waals surface area contributed by atoms with Crippen molar-refractivity contribution in [1.82, 2.24) is 9.88 Å². The fraction of sp³-hybridized carbons (Fsp3) is 0.464. The van der Waals surface area contributed by atoms with Crippen LogP contribution in [0.1, 0.15) is 45.6 Å². The molecular formula is C28H36N4O4S. The molecule has 0 spiro atoms. The third-order valence-electron chi connectivity index (χ3n) is 7.10. The molecule has 2 fully saturated rings. The maximum Gasteiger partial charge on any atom is 0.319 e. The SMILES string of the molecule is CC(C)NC(=O)Nc1ccc(-c2c(N)c3ccc(OCC[S+]([O-])C4CCOC4)cc3n2C2CCC2)cc1. The van der Waals surface area contributed by atoms with Crippen LogP contribution in [-0.4, -0.2) is 52.0 Å². The van der Waals surface area contributed by atoms with Gasteiger partial charge in [0.25, 0.3) is 0 Å². The topological polar surface area (TPSA) is 114 Å². The lowest BCUT2D eigenvalue weighted by atomic mass is 9.92. The number of nitrogens with one attached hydrogen (secondary N) is 2. The van der Waals surface area contributed by atoms with Gasteiger partial charge in [0.15, 0.2) is 0 Å². The smallest absolute Gasteiger partial charge is 0.319 e. The molecule has 198 valence electrons. The van der Waals surface area contributed by atoms with Gasteiger partial charge in [-0.05, 0) is 68.6 Å². The Balaban J connectivity index is 1.37. The number of benzene rings is 2. The van der Waals surface area contributed by atoms with E-state index in [0.717, 1.165) is 58.5 Å². The second kappa shape index (κ2) is 11.2. The first-order valence-corrected chi connectivity index (χ1v) is 14.5. The number of carbonyl (C=O) groups excluding carboxylic acids is 1. The monoisotopic (exact) mass is 524 g/mol. The molecular weight excluding hydrogens is 488 g/mol. The van der Waals surface area contributed by atoms with Crippen molar-refractivity contribution in [3.8, 4) is 17.0 Å². The zero-order chi connectivity index (χ0) is 25.9. The summed E-state index contributed by atoms with van der Waals surface area (Å²) in [4.78, 5) is 12.1. The molecule has 2 heterocycles. The average Bonchev–Trinajstić information content (AvgIpc) is 3.46. The minimum atomic E-state index is -0.939. The summed E-state index contributed by atoms with van der Waals surface area (Å²) in [6.07, 6.45) is 4.28. The second-order valence-corrected chi connectivity index (χ2v) is 12.0. The number of anilines is 2. The molecule has 1 aromatic heterocycles. The van der Waals surface area contributed by atoms with Gasteiger partial charge in [0.05, 0.1) is 30.1 Å². The summed E-state index contributed by atoms with van der Waals surface area (Å²) in [5.74, 6) is 1.26.